The summed E-state index contributed by atoms with van der Waals surface area (Å²) < 4.78 is 1.93. The first-order chi connectivity index (χ1) is 5.29. The second-order valence-electron chi connectivity index (χ2n) is 2.27. The molecule has 2 nitrogen and oxygen atoms in total. The van der Waals surface area contributed by atoms with Crippen LogP contribution in [0.25, 0.3) is 5.57 Å². The van der Waals surface area contributed by atoms with E-state index in [0.717, 1.165) is 23.1 Å². The first-order valence-corrected chi connectivity index (χ1v) is 4.67. The van der Waals surface area contributed by atoms with E-state index in [0.29, 0.717) is 0 Å². The van der Waals surface area contributed by atoms with Crippen molar-refractivity contribution in [2.24, 2.45) is 0 Å². The van der Waals surface area contributed by atoms with E-state index in [1.165, 1.54) is 0 Å². The number of nitrogens with zero attached hydrogens (tertiary/aromatic N) is 2. The smallest absolute Gasteiger partial charge is 0.0644 e. The number of hydrogen-bond donors (Lipinski definition) is 0. The SMILES string of the molecule is C=C(CBr)c1ccnn1CC. The molecule has 1 rings (SSSR count). The highest BCUT2D eigenvalue weighted by Gasteiger charge is 2.02. The number of allylic oxidation sites excluding steroid dienone is 1. The van der Waals surface area contributed by atoms with Gasteiger partial charge in [-0.2, -0.15) is 5.10 Å². The second kappa shape index (κ2) is 3.72. The van der Waals surface area contributed by atoms with Crippen LogP contribution in [0.4, 0.5) is 0 Å². The summed E-state index contributed by atoms with van der Waals surface area (Å²) in [5.41, 5.74) is 2.19. The molecule has 60 valence electrons. The van der Waals surface area contributed by atoms with Gasteiger partial charge >= 0.3 is 0 Å². The molecule has 0 aliphatic heterocycles. The monoisotopic (exact) mass is 214 g/mol. The molecule has 0 atom stereocenters. The Labute approximate surface area is 75.0 Å². The van der Waals surface area contributed by atoms with Crippen molar-refractivity contribution in [1.82, 2.24) is 9.78 Å². The largest absolute Gasteiger partial charge is 0.265 e. The van der Waals surface area contributed by atoms with Crippen LogP contribution in [0.15, 0.2) is 18.8 Å². The Bertz CT molecular complexity index is 252. The minimum atomic E-state index is 0.804. The van der Waals surface area contributed by atoms with Gasteiger partial charge in [-0.15, -0.1) is 0 Å². The van der Waals surface area contributed by atoms with E-state index in [1.54, 1.807) is 6.20 Å². The summed E-state index contributed by atoms with van der Waals surface area (Å²) in [6.45, 7) is 6.88. The van der Waals surface area contributed by atoms with Crippen LogP contribution >= 0.6 is 15.9 Å². The van der Waals surface area contributed by atoms with Gasteiger partial charge in [0.2, 0.25) is 0 Å². The molecule has 0 saturated heterocycles. The van der Waals surface area contributed by atoms with Crippen molar-refractivity contribution >= 4 is 21.5 Å². The van der Waals surface area contributed by atoms with Crippen LogP contribution in [0.5, 0.6) is 0 Å². The molecule has 0 aliphatic carbocycles. The predicted molar refractivity (Wildman–Crippen MR) is 50.7 cm³/mol. The molecule has 0 bridgehead atoms. The lowest BCUT2D eigenvalue weighted by Gasteiger charge is -2.03. The fourth-order valence-corrected chi connectivity index (χ4v) is 1.24. The van der Waals surface area contributed by atoms with Gasteiger partial charge < -0.3 is 0 Å². The van der Waals surface area contributed by atoms with E-state index in [-0.39, 0.29) is 0 Å². The average molecular weight is 215 g/mol. The zero-order valence-corrected chi connectivity index (χ0v) is 8.13. The third-order valence-electron chi connectivity index (χ3n) is 1.54. The molecule has 1 heterocycles. The maximum Gasteiger partial charge on any atom is 0.0644 e. The summed E-state index contributed by atoms with van der Waals surface area (Å²) in [6, 6.07) is 1.98. The van der Waals surface area contributed by atoms with Gasteiger partial charge in [0.1, 0.15) is 0 Å². The van der Waals surface area contributed by atoms with E-state index in [4.69, 9.17) is 0 Å². The van der Waals surface area contributed by atoms with Crippen molar-refractivity contribution in [2.45, 2.75) is 13.5 Å². The number of rotatable bonds is 3. The van der Waals surface area contributed by atoms with Gasteiger partial charge in [0.25, 0.3) is 0 Å². The molecule has 1 aromatic rings. The molecule has 0 radical (unpaired) electrons. The first kappa shape index (κ1) is 8.53. The lowest BCUT2D eigenvalue weighted by molar-refractivity contribution is 0.651. The number of alkyl halides is 1. The number of aromatic nitrogens is 2. The van der Waals surface area contributed by atoms with Crippen LogP contribution < -0.4 is 0 Å². The Balaban J connectivity index is 2.92. The molecular weight excluding hydrogens is 204 g/mol. The number of aryl methyl sites for hydroxylation is 1. The Morgan fingerprint density at radius 2 is 2.55 bits per heavy atom. The topological polar surface area (TPSA) is 17.8 Å². The molecule has 0 aliphatic rings. The Morgan fingerprint density at radius 1 is 1.82 bits per heavy atom. The third-order valence-corrected chi connectivity index (χ3v) is 2.22. The van der Waals surface area contributed by atoms with Crippen LogP contribution in [0.2, 0.25) is 0 Å². The summed E-state index contributed by atoms with van der Waals surface area (Å²) in [6.07, 6.45) is 1.80. The molecule has 0 N–H and O–H groups in total. The zero-order chi connectivity index (χ0) is 8.27. The van der Waals surface area contributed by atoms with E-state index in [2.05, 4.69) is 34.5 Å². The van der Waals surface area contributed by atoms with Crippen molar-refractivity contribution < 1.29 is 0 Å². The molecular formula is C8H11BrN2. The summed E-state index contributed by atoms with van der Waals surface area (Å²) in [4.78, 5) is 0. The highest BCUT2D eigenvalue weighted by molar-refractivity contribution is 9.09. The van der Waals surface area contributed by atoms with Crippen LogP contribution in [-0.2, 0) is 6.54 Å². The van der Waals surface area contributed by atoms with Crippen molar-refractivity contribution in [3.63, 3.8) is 0 Å². The van der Waals surface area contributed by atoms with Gasteiger partial charge in [0.05, 0.1) is 5.69 Å². The summed E-state index contributed by atoms with van der Waals surface area (Å²) in [5, 5.41) is 4.94. The van der Waals surface area contributed by atoms with Crippen LogP contribution in [-0.4, -0.2) is 15.1 Å². The van der Waals surface area contributed by atoms with Crippen LogP contribution in [0.1, 0.15) is 12.6 Å². The van der Waals surface area contributed by atoms with Crippen molar-refractivity contribution in [3.05, 3.63) is 24.5 Å². The molecule has 0 amide bonds. The quantitative estimate of drug-likeness (QED) is 0.707. The highest BCUT2D eigenvalue weighted by Crippen LogP contribution is 2.13. The van der Waals surface area contributed by atoms with Crippen LogP contribution in [0.3, 0.4) is 0 Å². The highest BCUT2D eigenvalue weighted by atomic mass is 79.9. The summed E-state index contributed by atoms with van der Waals surface area (Å²) in [5.74, 6) is 0. The molecule has 0 saturated carbocycles. The number of halogens is 1. The van der Waals surface area contributed by atoms with Gasteiger partial charge in [-0.05, 0) is 18.6 Å². The molecule has 0 aromatic carbocycles. The minimum Gasteiger partial charge on any atom is -0.265 e. The van der Waals surface area contributed by atoms with Gasteiger partial charge in [-0.25, -0.2) is 0 Å². The number of hydrogen-bond acceptors (Lipinski definition) is 1. The van der Waals surface area contributed by atoms with E-state index >= 15 is 0 Å². The molecule has 3 heteroatoms. The molecule has 11 heavy (non-hydrogen) atoms. The van der Waals surface area contributed by atoms with E-state index in [1.807, 2.05) is 10.7 Å². The fraction of sp³-hybridized carbons (Fsp3) is 0.375. The summed E-state index contributed by atoms with van der Waals surface area (Å²) >= 11 is 3.36. The third kappa shape index (κ3) is 1.71. The Kier molecular flexibility index (Phi) is 2.88. The predicted octanol–water partition coefficient (Wildman–Crippen LogP) is 2.31. The first-order valence-electron chi connectivity index (χ1n) is 3.55. The maximum atomic E-state index is 4.14. The van der Waals surface area contributed by atoms with Gasteiger partial charge in [-0.3, -0.25) is 4.68 Å². The lowest BCUT2D eigenvalue weighted by atomic mass is 10.2. The maximum absolute atomic E-state index is 4.14. The van der Waals surface area contributed by atoms with Crippen molar-refractivity contribution in [1.29, 1.82) is 0 Å². The van der Waals surface area contributed by atoms with Gasteiger partial charge in [0, 0.05) is 18.1 Å². The molecule has 0 spiro atoms. The fourth-order valence-electron chi connectivity index (χ4n) is 0.953. The average Bonchev–Trinajstić information content (AvgIpc) is 2.50. The normalized spacial score (nSPS) is 10.0. The molecule has 0 fully saturated rings. The Hall–Kier alpha value is -0.570. The summed E-state index contributed by atoms with van der Waals surface area (Å²) in [7, 11) is 0. The van der Waals surface area contributed by atoms with Crippen LogP contribution in [0, 0.1) is 0 Å². The van der Waals surface area contributed by atoms with Crippen molar-refractivity contribution in [2.75, 3.05) is 5.33 Å². The molecule has 1 aromatic heterocycles. The second-order valence-corrected chi connectivity index (χ2v) is 2.83. The van der Waals surface area contributed by atoms with Crippen molar-refractivity contribution in [3.8, 4) is 0 Å². The van der Waals surface area contributed by atoms with Gasteiger partial charge in [0.15, 0.2) is 0 Å². The van der Waals surface area contributed by atoms with Gasteiger partial charge in [-0.1, -0.05) is 22.5 Å². The lowest BCUT2D eigenvalue weighted by Crippen LogP contribution is -2.01. The van der Waals surface area contributed by atoms with E-state index < -0.39 is 0 Å². The zero-order valence-electron chi connectivity index (χ0n) is 6.55. The van der Waals surface area contributed by atoms with E-state index in [9.17, 15) is 0 Å². The Morgan fingerprint density at radius 3 is 3.09 bits per heavy atom. The standard InChI is InChI=1S/C8H11BrN2/c1-3-11-8(4-5-10-11)7(2)6-9/h4-5H,2-3,6H2,1H3. The minimum absolute atomic E-state index is 0.804. The molecule has 0 unspecified atom stereocenters.